The Morgan fingerprint density at radius 3 is 2.71 bits per heavy atom. The van der Waals surface area contributed by atoms with Gasteiger partial charge in [0, 0.05) is 18.2 Å². The first-order valence-corrected chi connectivity index (χ1v) is 4.41. The van der Waals surface area contributed by atoms with Gasteiger partial charge in [0.15, 0.2) is 0 Å². The Bertz CT molecular complexity index is 333. The molecule has 1 unspecified atom stereocenters. The van der Waals surface area contributed by atoms with Crippen molar-refractivity contribution in [1.29, 1.82) is 0 Å². The smallest absolute Gasteiger partial charge is 0.145 e. The highest BCUT2D eigenvalue weighted by atomic mass is 35.5. The van der Waals surface area contributed by atoms with Crippen LogP contribution in [0.15, 0.2) is 12.1 Å². The third-order valence-corrected chi connectivity index (χ3v) is 2.18. The Labute approximate surface area is 85.5 Å². The van der Waals surface area contributed by atoms with Gasteiger partial charge in [-0.1, -0.05) is 11.6 Å². The maximum atomic E-state index is 12.9. The quantitative estimate of drug-likeness (QED) is 0.764. The first-order valence-electron chi connectivity index (χ1n) is 4.03. The molecule has 0 bridgehead atoms. The maximum absolute atomic E-state index is 12.9. The third kappa shape index (κ3) is 2.41. The summed E-state index contributed by atoms with van der Waals surface area (Å²) >= 11 is 5.57. The van der Waals surface area contributed by atoms with Crippen molar-refractivity contribution < 1.29 is 13.9 Å². The van der Waals surface area contributed by atoms with E-state index in [2.05, 4.69) is 5.32 Å². The molecule has 0 aliphatic heterocycles. The van der Waals surface area contributed by atoms with Crippen LogP contribution in [0.2, 0.25) is 5.02 Å². The molecule has 2 N–H and O–H groups in total. The maximum Gasteiger partial charge on any atom is 0.145 e. The minimum absolute atomic E-state index is 0.0542. The van der Waals surface area contributed by atoms with E-state index in [0.717, 1.165) is 6.07 Å². The van der Waals surface area contributed by atoms with Crippen LogP contribution < -0.4 is 5.32 Å². The molecule has 0 saturated heterocycles. The zero-order valence-electron chi connectivity index (χ0n) is 7.52. The number of benzene rings is 1. The van der Waals surface area contributed by atoms with Crippen molar-refractivity contribution >= 4 is 11.6 Å². The van der Waals surface area contributed by atoms with Crippen LogP contribution in [-0.4, -0.2) is 18.7 Å². The van der Waals surface area contributed by atoms with Crippen LogP contribution in [0.25, 0.3) is 0 Å². The Morgan fingerprint density at radius 2 is 2.14 bits per heavy atom. The number of aliphatic hydroxyl groups is 1. The molecule has 2 nitrogen and oxygen atoms in total. The first kappa shape index (κ1) is 11.4. The van der Waals surface area contributed by atoms with Gasteiger partial charge in [0.05, 0.1) is 11.1 Å². The predicted octanol–water partition coefficient (Wildman–Crippen LogP) is 1.87. The highest BCUT2D eigenvalue weighted by Gasteiger charge is 2.15. The number of hydrogen-bond acceptors (Lipinski definition) is 2. The van der Waals surface area contributed by atoms with Crippen LogP contribution in [-0.2, 0) is 0 Å². The van der Waals surface area contributed by atoms with Gasteiger partial charge in [-0.05, 0) is 13.1 Å². The second-order valence-electron chi connectivity index (χ2n) is 2.86. The average Bonchev–Trinajstić information content (AvgIpc) is 2.11. The molecule has 0 amide bonds. The second-order valence-corrected chi connectivity index (χ2v) is 3.24. The molecule has 0 aliphatic rings. The molecule has 0 radical (unpaired) electrons. The van der Waals surface area contributed by atoms with Crippen molar-refractivity contribution in [3.05, 3.63) is 34.4 Å². The predicted molar refractivity (Wildman–Crippen MR) is 50.3 cm³/mol. The van der Waals surface area contributed by atoms with Crippen molar-refractivity contribution in [3.8, 4) is 0 Å². The van der Waals surface area contributed by atoms with E-state index in [4.69, 9.17) is 11.6 Å². The SMILES string of the molecule is CNCC(O)c1cc(F)cc(F)c1Cl. The van der Waals surface area contributed by atoms with Crippen LogP contribution in [0, 0.1) is 11.6 Å². The molecule has 1 aromatic rings. The van der Waals surface area contributed by atoms with Gasteiger partial charge in [0.25, 0.3) is 0 Å². The van der Waals surface area contributed by atoms with E-state index in [1.807, 2.05) is 0 Å². The van der Waals surface area contributed by atoms with Crippen molar-refractivity contribution in [2.75, 3.05) is 13.6 Å². The van der Waals surface area contributed by atoms with E-state index in [1.165, 1.54) is 0 Å². The van der Waals surface area contributed by atoms with Crippen molar-refractivity contribution in [3.63, 3.8) is 0 Å². The number of halogens is 3. The summed E-state index contributed by atoms with van der Waals surface area (Å²) < 4.78 is 25.7. The van der Waals surface area contributed by atoms with Crippen LogP contribution >= 0.6 is 11.6 Å². The number of rotatable bonds is 3. The van der Waals surface area contributed by atoms with E-state index in [1.54, 1.807) is 7.05 Å². The Morgan fingerprint density at radius 1 is 1.50 bits per heavy atom. The summed E-state index contributed by atoms with van der Waals surface area (Å²) in [7, 11) is 1.62. The molecule has 0 saturated carbocycles. The lowest BCUT2D eigenvalue weighted by molar-refractivity contribution is 0.177. The molecular formula is C9H10ClF2NO. The summed E-state index contributed by atoms with van der Waals surface area (Å²) in [6, 6.07) is 1.70. The molecule has 1 rings (SSSR count). The van der Waals surface area contributed by atoms with Gasteiger partial charge in [0.2, 0.25) is 0 Å². The molecule has 0 spiro atoms. The first-order chi connectivity index (χ1) is 6.56. The van der Waals surface area contributed by atoms with Crippen LogP contribution in [0.4, 0.5) is 8.78 Å². The summed E-state index contributed by atoms with van der Waals surface area (Å²) in [5.41, 5.74) is 0.0542. The van der Waals surface area contributed by atoms with Crippen LogP contribution in [0.3, 0.4) is 0 Å². The number of nitrogens with one attached hydrogen (secondary N) is 1. The summed E-state index contributed by atoms with van der Waals surface area (Å²) in [5.74, 6) is -1.62. The minimum atomic E-state index is -1.02. The third-order valence-electron chi connectivity index (χ3n) is 1.78. The molecule has 0 aliphatic carbocycles. The van der Waals surface area contributed by atoms with Crippen LogP contribution in [0.1, 0.15) is 11.7 Å². The van der Waals surface area contributed by atoms with Crippen molar-refractivity contribution in [1.82, 2.24) is 5.32 Å². The molecule has 5 heteroatoms. The van der Waals surface area contributed by atoms with Crippen molar-refractivity contribution in [2.24, 2.45) is 0 Å². The topological polar surface area (TPSA) is 32.3 Å². The van der Waals surface area contributed by atoms with Gasteiger partial charge in [-0.25, -0.2) is 8.78 Å². The number of likely N-dealkylation sites (N-methyl/N-ethyl adjacent to an activating group) is 1. The molecule has 0 fully saturated rings. The van der Waals surface area contributed by atoms with E-state index < -0.39 is 17.7 Å². The summed E-state index contributed by atoms with van der Waals surface area (Å²) in [4.78, 5) is 0. The van der Waals surface area contributed by atoms with Gasteiger partial charge in [0.1, 0.15) is 11.6 Å². The van der Waals surface area contributed by atoms with Gasteiger partial charge < -0.3 is 10.4 Å². The lowest BCUT2D eigenvalue weighted by Gasteiger charge is -2.12. The second kappa shape index (κ2) is 4.68. The lowest BCUT2D eigenvalue weighted by atomic mass is 10.1. The van der Waals surface area contributed by atoms with Gasteiger partial charge in [-0.15, -0.1) is 0 Å². The van der Waals surface area contributed by atoms with E-state index >= 15 is 0 Å². The zero-order valence-corrected chi connectivity index (χ0v) is 8.28. The number of aliphatic hydroxyl groups excluding tert-OH is 1. The average molecular weight is 222 g/mol. The van der Waals surface area contributed by atoms with E-state index in [-0.39, 0.29) is 17.1 Å². The number of hydrogen-bond donors (Lipinski definition) is 2. The highest BCUT2D eigenvalue weighted by molar-refractivity contribution is 6.31. The lowest BCUT2D eigenvalue weighted by Crippen LogP contribution is -2.17. The summed E-state index contributed by atoms with van der Waals surface area (Å²) in [5, 5.41) is 11.9. The van der Waals surface area contributed by atoms with Crippen molar-refractivity contribution in [2.45, 2.75) is 6.10 Å². The normalized spacial score (nSPS) is 12.9. The van der Waals surface area contributed by atoms with E-state index in [0.29, 0.717) is 6.07 Å². The van der Waals surface area contributed by atoms with Crippen LogP contribution in [0.5, 0.6) is 0 Å². The van der Waals surface area contributed by atoms with Gasteiger partial charge >= 0.3 is 0 Å². The summed E-state index contributed by atoms with van der Waals surface area (Å²) in [6.45, 7) is 0.183. The molecule has 0 heterocycles. The molecule has 1 atom stereocenters. The largest absolute Gasteiger partial charge is 0.387 e. The van der Waals surface area contributed by atoms with Gasteiger partial charge in [-0.3, -0.25) is 0 Å². The molecular weight excluding hydrogens is 212 g/mol. The van der Waals surface area contributed by atoms with E-state index in [9.17, 15) is 13.9 Å². The van der Waals surface area contributed by atoms with Gasteiger partial charge in [-0.2, -0.15) is 0 Å². The molecule has 0 aromatic heterocycles. The Balaban J connectivity index is 3.07. The molecule has 14 heavy (non-hydrogen) atoms. The fourth-order valence-corrected chi connectivity index (χ4v) is 1.36. The monoisotopic (exact) mass is 221 g/mol. The zero-order chi connectivity index (χ0) is 10.7. The standard InChI is InChI=1S/C9H10ClF2NO/c1-13-4-8(14)6-2-5(11)3-7(12)9(6)10/h2-3,8,13-14H,4H2,1H3. The summed E-state index contributed by atoms with van der Waals surface area (Å²) in [6.07, 6.45) is -1.02. The molecule has 1 aromatic carbocycles. The fourth-order valence-electron chi connectivity index (χ4n) is 1.12. The Kier molecular flexibility index (Phi) is 3.80. The Hall–Kier alpha value is -0.710. The fraction of sp³-hybridized carbons (Fsp3) is 0.333. The molecule has 78 valence electrons. The minimum Gasteiger partial charge on any atom is -0.387 e. The highest BCUT2D eigenvalue weighted by Crippen LogP contribution is 2.26.